The van der Waals surface area contributed by atoms with E-state index in [1.807, 2.05) is 0 Å². The molecule has 2 heteroatoms. The zero-order chi connectivity index (χ0) is 4.28. The first-order valence-electron chi connectivity index (χ1n) is 1.67. The molecular weight excluding hydrogens is 174 g/mol. The van der Waals surface area contributed by atoms with E-state index in [0.717, 1.165) is 6.42 Å². The van der Waals surface area contributed by atoms with Gasteiger partial charge < -0.3 is 0 Å². The van der Waals surface area contributed by atoms with Crippen LogP contribution in [0, 0.1) is 0 Å². The van der Waals surface area contributed by atoms with Crippen molar-refractivity contribution in [3.63, 3.8) is 0 Å². The van der Waals surface area contributed by atoms with Crippen molar-refractivity contribution in [2.75, 3.05) is 0 Å². The molecule has 0 spiro atoms. The van der Waals surface area contributed by atoms with Crippen molar-refractivity contribution in [3.8, 4) is 0 Å². The van der Waals surface area contributed by atoms with Crippen molar-refractivity contribution in [3.05, 3.63) is 0 Å². The molecule has 0 amide bonds. The second-order valence-corrected chi connectivity index (χ2v) is 2.52. The Morgan fingerprint density at radius 1 is 2.00 bits per heavy atom. The average Bonchev–Trinajstić information content (AvgIpc) is 1.38. The summed E-state index contributed by atoms with van der Waals surface area (Å²) in [6.07, 6.45) is 1.07. The molecule has 0 fully saturated rings. The Hall–Kier alpha value is 0.795. The lowest BCUT2D eigenvalue weighted by Crippen LogP contribution is -1.88. The molecule has 0 saturated heterocycles. The van der Waals surface area contributed by atoms with Gasteiger partial charge in [-0.25, -0.2) is 0 Å². The standard InChI is InChI=1S/C3H6BI/c1-2-3(4)5/h3H,2H2,1H3/t3-/m0/s1. The Morgan fingerprint density at radius 3 is 2.20 bits per heavy atom. The smallest absolute Gasteiger partial charge is 0.0842 e. The average molecular weight is 180 g/mol. The van der Waals surface area contributed by atoms with E-state index in [-0.39, 0.29) is 0 Å². The highest BCUT2D eigenvalue weighted by Crippen LogP contribution is 1.96. The fourth-order valence-corrected chi connectivity index (χ4v) is 0. The third-order valence-electron chi connectivity index (χ3n) is 0.390. The third-order valence-corrected chi connectivity index (χ3v) is 1.27. The Balaban J connectivity index is 2.54. The molecule has 0 N–H and O–H groups in total. The summed E-state index contributed by atoms with van der Waals surface area (Å²) in [7, 11) is 5.28. The van der Waals surface area contributed by atoms with Gasteiger partial charge >= 0.3 is 0 Å². The lowest BCUT2D eigenvalue weighted by atomic mass is 10.0. The molecule has 0 aromatic carbocycles. The van der Waals surface area contributed by atoms with Crippen LogP contribution in [0.15, 0.2) is 0 Å². The molecule has 0 aromatic heterocycles. The minimum Gasteiger partial charge on any atom is -0.0932 e. The molecule has 5 heavy (non-hydrogen) atoms. The number of alkyl halides is 1. The molecule has 0 aliphatic rings. The van der Waals surface area contributed by atoms with Crippen LogP contribution in [0.2, 0.25) is 0 Å². The number of halogens is 1. The molecule has 0 aliphatic carbocycles. The summed E-state index contributed by atoms with van der Waals surface area (Å²) >= 11 is 2.18. The zero-order valence-corrected chi connectivity index (χ0v) is 5.40. The fourth-order valence-electron chi connectivity index (χ4n) is 0. The van der Waals surface area contributed by atoms with E-state index in [4.69, 9.17) is 7.85 Å². The summed E-state index contributed by atoms with van der Waals surface area (Å²) in [5, 5.41) is 0. The van der Waals surface area contributed by atoms with Crippen LogP contribution in [0.4, 0.5) is 0 Å². The van der Waals surface area contributed by atoms with Crippen LogP contribution in [-0.4, -0.2) is 11.7 Å². The van der Waals surface area contributed by atoms with Crippen LogP contribution >= 0.6 is 22.6 Å². The Bertz CT molecular complexity index is 20.9. The van der Waals surface area contributed by atoms with Crippen LogP contribution < -0.4 is 0 Å². The summed E-state index contributed by atoms with van der Waals surface area (Å²) < 4.78 is 0.354. The molecule has 0 aliphatic heterocycles. The molecule has 0 heterocycles. The summed E-state index contributed by atoms with van der Waals surface area (Å²) in [5.74, 6) is 0. The first-order valence-corrected chi connectivity index (χ1v) is 2.91. The molecule has 0 unspecified atom stereocenters. The van der Waals surface area contributed by atoms with Crippen molar-refractivity contribution in [2.24, 2.45) is 0 Å². The fraction of sp³-hybridized carbons (Fsp3) is 1.00. The van der Waals surface area contributed by atoms with Gasteiger partial charge in [-0.05, 0) is 3.82 Å². The summed E-state index contributed by atoms with van der Waals surface area (Å²) in [4.78, 5) is 0. The summed E-state index contributed by atoms with van der Waals surface area (Å²) in [6.45, 7) is 2.07. The van der Waals surface area contributed by atoms with Crippen molar-refractivity contribution in [1.29, 1.82) is 0 Å². The second kappa shape index (κ2) is 3.00. The molecule has 0 nitrogen and oxygen atoms in total. The minimum absolute atomic E-state index is 0.354. The highest BCUT2D eigenvalue weighted by molar-refractivity contribution is 14.1. The number of rotatable bonds is 1. The van der Waals surface area contributed by atoms with E-state index in [1.54, 1.807) is 0 Å². The van der Waals surface area contributed by atoms with E-state index in [1.165, 1.54) is 0 Å². The SMILES string of the molecule is [B][C@@H](I)CC. The van der Waals surface area contributed by atoms with Gasteiger partial charge in [-0.15, -0.1) is 0 Å². The molecule has 2 radical (unpaired) electrons. The maximum absolute atomic E-state index is 5.28. The van der Waals surface area contributed by atoms with Crippen molar-refractivity contribution < 1.29 is 0 Å². The highest BCUT2D eigenvalue weighted by Gasteiger charge is 1.82. The van der Waals surface area contributed by atoms with Gasteiger partial charge in [0, 0.05) is 0 Å². The molecule has 28 valence electrons. The van der Waals surface area contributed by atoms with Gasteiger partial charge in [-0.2, -0.15) is 0 Å². The van der Waals surface area contributed by atoms with Crippen LogP contribution in [0.3, 0.4) is 0 Å². The third kappa shape index (κ3) is 4.79. The first-order chi connectivity index (χ1) is 2.27. The van der Waals surface area contributed by atoms with Gasteiger partial charge in [0.05, 0.1) is 7.85 Å². The molecule has 0 saturated carbocycles. The van der Waals surface area contributed by atoms with E-state index < -0.39 is 0 Å². The topological polar surface area (TPSA) is 0 Å². The van der Waals surface area contributed by atoms with Gasteiger partial charge in [0.25, 0.3) is 0 Å². The van der Waals surface area contributed by atoms with Gasteiger partial charge in [0.2, 0.25) is 0 Å². The van der Waals surface area contributed by atoms with Gasteiger partial charge in [-0.1, -0.05) is 35.9 Å². The lowest BCUT2D eigenvalue weighted by Gasteiger charge is -1.88. The number of hydrogen-bond acceptors (Lipinski definition) is 0. The maximum Gasteiger partial charge on any atom is 0.0842 e. The first kappa shape index (κ1) is 5.79. The quantitative estimate of drug-likeness (QED) is 0.324. The van der Waals surface area contributed by atoms with Crippen molar-refractivity contribution in [2.45, 2.75) is 17.2 Å². The Morgan fingerprint density at radius 2 is 2.20 bits per heavy atom. The summed E-state index contributed by atoms with van der Waals surface area (Å²) in [5.41, 5.74) is 0. The van der Waals surface area contributed by atoms with E-state index in [9.17, 15) is 0 Å². The Labute approximate surface area is 47.9 Å². The molecular formula is C3H6BI. The monoisotopic (exact) mass is 180 g/mol. The van der Waals surface area contributed by atoms with Crippen molar-refractivity contribution >= 4 is 30.4 Å². The minimum atomic E-state index is 0.354. The Kier molecular flexibility index (Phi) is 3.48. The van der Waals surface area contributed by atoms with Gasteiger partial charge in [0.15, 0.2) is 0 Å². The van der Waals surface area contributed by atoms with E-state index in [0.29, 0.717) is 3.82 Å². The molecule has 0 bridgehead atoms. The van der Waals surface area contributed by atoms with E-state index in [2.05, 4.69) is 29.5 Å². The van der Waals surface area contributed by atoms with E-state index >= 15 is 0 Å². The predicted octanol–water partition coefficient (Wildman–Crippen LogP) is 1.33. The van der Waals surface area contributed by atoms with Crippen LogP contribution in [-0.2, 0) is 0 Å². The maximum atomic E-state index is 5.28. The van der Waals surface area contributed by atoms with Crippen molar-refractivity contribution in [1.82, 2.24) is 0 Å². The number of hydrogen-bond donors (Lipinski definition) is 0. The van der Waals surface area contributed by atoms with Gasteiger partial charge in [0.1, 0.15) is 0 Å². The molecule has 0 aromatic rings. The van der Waals surface area contributed by atoms with Crippen LogP contribution in [0.5, 0.6) is 0 Å². The van der Waals surface area contributed by atoms with Crippen LogP contribution in [0.25, 0.3) is 0 Å². The highest BCUT2D eigenvalue weighted by atomic mass is 127. The largest absolute Gasteiger partial charge is 0.0932 e. The summed E-state index contributed by atoms with van der Waals surface area (Å²) in [6, 6.07) is 0. The van der Waals surface area contributed by atoms with Crippen LogP contribution in [0.1, 0.15) is 13.3 Å². The zero-order valence-electron chi connectivity index (χ0n) is 3.24. The van der Waals surface area contributed by atoms with Gasteiger partial charge in [-0.3, -0.25) is 0 Å². The second-order valence-electron chi connectivity index (χ2n) is 0.924. The lowest BCUT2D eigenvalue weighted by molar-refractivity contribution is 1.07. The predicted molar refractivity (Wildman–Crippen MR) is 33.9 cm³/mol. The normalized spacial score (nSPS) is 14.8. The molecule has 1 atom stereocenters. The molecule has 0 rings (SSSR count).